The Hall–Kier alpha value is -2.63. The molecular weight excluding hydrogens is 319 g/mol. The second kappa shape index (κ2) is 9.01. The number of aromatic nitrogens is 1. The molecule has 0 spiro atoms. The number of rotatable bonds is 6. The molecule has 1 heterocycles. The number of pyridine rings is 1. The second-order valence-electron chi connectivity index (χ2n) is 6.13. The lowest BCUT2D eigenvalue weighted by atomic mass is 10.1. The maximum atomic E-state index is 13.3. The van der Waals surface area contributed by atoms with E-state index in [1.807, 2.05) is 12.1 Å². The van der Waals surface area contributed by atoms with Crippen molar-refractivity contribution < 1.29 is 9.13 Å². The van der Waals surface area contributed by atoms with Crippen molar-refractivity contribution in [2.75, 3.05) is 7.05 Å². The lowest BCUT2D eigenvalue weighted by Gasteiger charge is -2.21. The van der Waals surface area contributed by atoms with Crippen molar-refractivity contribution in [1.29, 1.82) is 0 Å². The fourth-order valence-electron chi connectivity index (χ4n) is 2.05. The van der Waals surface area contributed by atoms with Crippen molar-refractivity contribution in [1.82, 2.24) is 15.6 Å². The van der Waals surface area contributed by atoms with Gasteiger partial charge in [-0.2, -0.15) is 0 Å². The highest BCUT2D eigenvalue weighted by atomic mass is 19.1. The van der Waals surface area contributed by atoms with E-state index in [0.717, 1.165) is 5.56 Å². The van der Waals surface area contributed by atoms with Crippen LogP contribution in [0.3, 0.4) is 0 Å². The zero-order chi connectivity index (χ0) is 18.2. The number of nitrogens with zero attached hydrogens (tertiary/aromatic N) is 2. The fraction of sp³-hybridized carbons (Fsp3) is 0.368. The largest absolute Gasteiger partial charge is 0.439 e. The van der Waals surface area contributed by atoms with E-state index in [4.69, 9.17) is 4.74 Å². The lowest BCUT2D eigenvalue weighted by Crippen LogP contribution is -2.43. The van der Waals surface area contributed by atoms with Crippen LogP contribution in [0, 0.1) is 11.7 Å². The molecule has 0 aliphatic carbocycles. The third-order valence-corrected chi connectivity index (χ3v) is 3.89. The molecule has 1 unspecified atom stereocenters. The van der Waals surface area contributed by atoms with E-state index in [9.17, 15) is 4.39 Å². The Kier molecular flexibility index (Phi) is 6.74. The Morgan fingerprint density at radius 1 is 1.24 bits per heavy atom. The van der Waals surface area contributed by atoms with E-state index in [-0.39, 0.29) is 5.82 Å². The first-order valence-corrected chi connectivity index (χ1v) is 8.34. The van der Waals surface area contributed by atoms with Gasteiger partial charge in [-0.15, -0.1) is 0 Å². The quantitative estimate of drug-likeness (QED) is 0.619. The minimum Gasteiger partial charge on any atom is -0.439 e. The molecule has 0 fully saturated rings. The Labute approximate surface area is 148 Å². The first kappa shape index (κ1) is 18.7. The predicted molar refractivity (Wildman–Crippen MR) is 98.3 cm³/mol. The molecule has 6 heteroatoms. The van der Waals surface area contributed by atoms with Gasteiger partial charge < -0.3 is 15.4 Å². The Morgan fingerprint density at radius 2 is 2.04 bits per heavy atom. The highest BCUT2D eigenvalue weighted by Gasteiger charge is 2.11. The van der Waals surface area contributed by atoms with Crippen molar-refractivity contribution in [2.24, 2.45) is 10.9 Å². The van der Waals surface area contributed by atoms with Gasteiger partial charge >= 0.3 is 0 Å². The first-order chi connectivity index (χ1) is 12.0. The smallest absolute Gasteiger partial charge is 0.224 e. The van der Waals surface area contributed by atoms with Crippen molar-refractivity contribution in [3.8, 4) is 11.6 Å². The number of guanidine groups is 1. The average molecular weight is 344 g/mol. The number of nitrogens with one attached hydrogen (secondary N) is 2. The molecule has 0 bridgehead atoms. The highest BCUT2D eigenvalue weighted by Crippen LogP contribution is 2.23. The summed E-state index contributed by atoms with van der Waals surface area (Å²) >= 11 is 0. The molecule has 134 valence electrons. The van der Waals surface area contributed by atoms with Crippen molar-refractivity contribution >= 4 is 5.96 Å². The van der Waals surface area contributed by atoms with Crippen LogP contribution in [0.1, 0.15) is 26.3 Å². The summed E-state index contributed by atoms with van der Waals surface area (Å²) in [5, 5.41) is 6.59. The molecule has 1 atom stereocenters. The van der Waals surface area contributed by atoms with Gasteiger partial charge in [0.05, 0.1) is 0 Å². The highest BCUT2D eigenvalue weighted by molar-refractivity contribution is 5.80. The summed E-state index contributed by atoms with van der Waals surface area (Å²) in [5.74, 6) is 1.70. The van der Waals surface area contributed by atoms with E-state index in [2.05, 4.69) is 41.4 Å². The lowest BCUT2D eigenvalue weighted by molar-refractivity contribution is 0.450. The van der Waals surface area contributed by atoms with Gasteiger partial charge in [0.2, 0.25) is 5.88 Å². The number of hydrogen-bond donors (Lipinski definition) is 2. The van der Waals surface area contributed by atoms with Crippen LogP contribution in [0.5, 0.6) is 11.6 Å². The van der Waals surface area contributed by atoms with Gasteiger partial charge in [-0.3, -0.25) is 4.99 Å². The molecule has 1 aromatic heterocycles. The molecule has 25 heavy (non-hydrogen) atoms. The van der Waals surface area contributed by atoms with Crippen LogP contribution in [0.4, 0.5) is 4.39 Å². The molecule has 0 saturated carbocycles. The summed E-state index contributed by atoms with van der Waals surface area (Å²) in [6.07, 6.45) is 1.64. The van der Waals surface area contributed by atoms with Gasteiger partial charge in [0, 0.05) is 37.5 Å². The molecule has 5 nitrogen and oxygen atoms in total. The maximum Gasteiger partial charge on any atom is 0.224 e. The molecule has 1 aromatic carbocycles. The minimum absolute atomic E-state index is 0.295. The first-order valence-electron chi connectivity index (χ1n) is 8.34. The molecule has 0 aliphatic heterocycles. The summed E-state index contributed by atoms with van der Waals surface area (Å²) in [6.45, 7) is 6.90. The summed E-state index contributed by atoms with van der Waals surface area (Å²) in [7, 11) is 1.73. The molecule has 2 N–H and O–H groups in total. The van der Waals surface area contributed by atoms with Gasteiger partial charge in [-0.1, -0.05) is 26.0 Å². The van der Waals surface area contributed by atoms with Crippen LogP contribution < -0.4 is 15.4 Å². The number of aliphatic imine (C=N–C) groups is 1. The van der Waals surface area contributed by atoms with Crippen LogP contribution >= 0.6 is 0 Å². The van der Waals surface area contributed by atoms with Crippen LogP contribution in [0.15, 0.2) is 47.6 Å². The SMILES string of the molecule is CN=C(NCc1cccnc1Oc1cccc(F)c1)NC(C)C(C)C. The van der Waals surface area contributed by atoms with Crippen LogP contribution in [-0.4, -0.2) is 24.0 Å². The minimum atomic E-state index is -0.347. The zero-order valence-corrected chi connectivity index (χ0v) is 15.1. The maximum absolute atomic E-state index is 13.3. The molecule has 2 aromatic rings. The topological polar surface area (TPSA) is 58.5 Å². The van der Waals surface area contributed by atoms with Crippen LogP contribution in [0.25, 0.3) is 0 Å². The Bertz CT molecular complexity index is 718. The number of halogens is 1. The normalized spacial score (nSPS) is 12.8. The predicted octanol–water partition coefficient (Wildman–Crippen LogP) is 3.72. The van der Waals surface area contributed by atoms with Crippen molar-refractivity contribution in [3.63, 3.8) is 0 Å². The molecule has 0 aliphatic rings. The second-order valence-corrected chi connectivity index (χ2v) is 6.13. The van der Waals surface area contributed by atoms with Gasteiger partial charge in [0.1, 0.15) is 11.6 Å². The molecule has 0 radical (unpaired) electrons. The van der Waals surface area contributed by atoms with Gasteiger partial charge in [-0.25, -0.2) is 9.37 Å². The van der Waals surface area contributed by atoms with E-state index in [1.165, 1.54) is 12.1 Å². The summed E-state index contributed by atoms with van der Waals surface area (Å²) in [4.78, 5) is 8.49. The van der Waals surface area contributed by atoms with Gasteiger partial charge in [0.25, 0.3) is 0 Å². The van der Waals surface area contributed by atoms with E-state index in [1.54, 1.807) is 25.4 Å². The average Bonchev–Trinajstić information content (AvgIpc) is 2.59. The monoisotopic (exact) mass is 344 g/mol. The third-order valence-electron chi connectivity index (χ3n) is 3.89. The fourth-order valence-corrected chi connectivity index (χ4v) is 2.05. The summed E-state index contributed by atoms with van der Waals surface area (Å²) in [5.41, 5.74) is 0.854. The van der Waals surface area contributed by atoms with Crippen LogP contribution in [0.2, 0.25) is 0 Å². The standard InChI is InChI=1S/C19H25FN4O/c1-13(2)14(3)24-19(21-4)23-12-15-7-6-10-22-18(15)25-17-9-5-8-16(20)11-17/h5-11,13-14H,12H2,1-4H3,(H2,21,23,24). The molecule has 0 amide bonds. The Balaban J connectivity index is 2.05. The molecule has 0 saturated heterocycles. The summed E-state index contributed by atoms with van der Waals surface area (Å²) < 4.78 is 19.0. The van der Waals surface area contributed by atoms with Gasteiger partial charge in [0.15, 0.2) is 5.96 Å². The zero-order valence-electron chi connectivity index (χ0n) is 15.1. The van der Waals surface area contributed by atoms with Crippen molar-refractivity contribution in [2.45, 2.75) is 33.4 Å². The molecule has 2 rings (SSSR count). The number of hydrogen-bond acceptors (Lipinski definition) is 3. The summed E-state index contributed by atoms with van der Waals surface area (Å²) in [6, 6.07) is 10.0. The molecular formula is C19H25FN4O. The Morgan fingerprint density at radius 3 is 2.72 bits per heavy atom. The number of benzene rings is 1. The van der Waals surface area contributed by atoms with E-state index >= 15 is 0 Å². The van der Waals surface area contributed by atoms with E-state index < -0.39 is 0 Å². The third kappa shape index (κ3) is 5.74. The van der Waals surface area contributed by atoms with Crippen LogP contribution in [-0.2, 0) is 6.54 Å². The van der Waals surface area contributed by atoms with Crippen molar-refractivity contribution in [3.05, 3.63) is 54.0 Å². The van der Waals surface area contributed by atoms with Gasteiger partial charge in [-0.05, 0) is 31.0 Å². The van der Waals surface area contributed by atoms with E-state index in [0.29, 0.717) is 36.1 Å². The number of ether oxygens (including phenoxy) is 1.